The highest BCUT2D eigenvalue weighted by Crippen LogP contribution is 2.34. The van der Waals surface area contributed by atoms with E-state index in [1.807, 2.05) is 57.3 Å². The number of hydrogen-bond acceptors (Lipinski definition) is 8. The van der Waals surface area contributed by atoms with Crippen LogP contribution >= 0.6 is 0 Å². The average molecular weight is 677 g/mol. The van der Waals surface area contributed by atoms with Gasteiger partial charge in [0, 0.05) is 41.4 Å². The van der Waals surface area contributed by atoms with Gasteiger partial charge in [-0.1, -0.05) is 30.3 Å². The van der Waals surface area contributed by atoms with Crippen LogP contribution in [0.1, 0.15) is 64.0 Å². The zero-order valence-electron chi connectivity index (χ0n) is 29.0. The number of benzene rings is 3. The van der Waals surface area contributed by atoms with Crippen LogP contribution in [0.3, 0.4) is 0 Å². The quantitative estimate of drug-likeness (QED) is 0.118. The van der Waals surface area contributed by atoms with Crippen LogP contribution in [-0.4, -0.2) is 60.8 Å². The van der Waals surface area contributed by atoms with E-state index in [2.05, 4.69) is 66.6 Å². The molecule has 4 N–H and O–H groups in total. The van der Waals surface area contributed by atoms with Crippen LogP contribution in [0, 0.1) is 24.7 Å². The molecule has 0 unspecified atom stereocenters. The van der Waals surface area contributed by atoms with E-state index in [9.17, 15) is 14.4 Å². The molecule has 12 nitrogen and oxygen atoms in total. The van der Waals surface area contributed by atoms with Gasteiger partial charge in [0.1, 0.15) is 11.4 Å². The van der Waals surface area contributed by atoms with Gasteiger partial charge in [0.15, 0.2) is 0 Å². The second-order valence-electron chi connectivity index (χ2n) is 14.3. The summed E-state index contributed by atoms with van der Waals surface area (Å²) in [7, 11) is 0. The lowest BCUT2D eigenvalue weighted by atomic mass is 9.77. The van der Waals surface area contributed by atoms with E-state index in [1.54, 1.807) is 12.1 Å². The summed E-state index contributed by atoms with van der Waals surface area (Å²) in [5.74, 6) is -0.0577. The molecule has 1 fully saturated rings. The first-order chi connectivity index (χ1) is 24.0. The molecule has 0 aliphatic heterocycles. The second-order valence-corrected chi connectivity index (χ2v) is 14.3. The maximum absolute atomic E-state index is 13.9. The molecular formula is C38H44N8O4. The molecule has 12 heteroatoms. The summed E-state index contributed by atoms with van der Waals surface area (Å²) in [5.41, 5.74) is 6.02. The first-order valence-corrected chi connectivity index (χ1v) is 17.2. The van der Waals surface area contributed by atoms with Crippen LogP contribution in [0.5, 0.6) is 0 Å². The number of anilines is 1. The van der Waals surface area contributed by atoms with Gasteiger partial charge in [-0.2, -0.15) is 10.3 Å². The summed E-state index contributed by atoms with van der Waals surface area (Å²) < 4.78 is 5.37. The highest BCUT2D eigenvalue weighted by atomic mass is 16.6. The Balaban J connectivity index is 1.16. The van der Waals surface area contributed by atoms with Crippen molar-refractivity contribution >= 4 is 34.4 Å². The van der Waals surface area contributed by atoms with E-state index >= 15 is 0 Å². The summed E-state index contributed by atoms with van der Waals surface area (Å²) in [6.45, 7) is 8.11. The van der Waals surface area contributed by atoms with Crippen molar-refractivity contribution in [3.63, 3.8) is 0 Å². The SMILES string of the molecule is Cc1ccc2[nH]ncc2c1-c1cccc(C[C@H](CC(=O)C2CCC(CNC(=O)OC(C)(C)C)CC2)C(=O)Nc2ccc(-c3nn[nH]n3)cc2)c1. The minimum atomic E-state index is -0.577. The monoisotopic (exact) mass is 676 g/mol. The highest BCUT2D eigenvalue weighted by Gasteiger charge is 2.31. The fourth-order valence-electron chi connectivity index (χ4n) is 6.78. The largest absolute Gasteiger partial charge is 0.444 e. The van der Waals surface area contributed by atoms with Gasteiger partial charge in [-0.15, -0.1) is 10.2 Å². The van der Waals surface area contributed by atoms with Gasteiger partial charge < -0.3 is 15.4 Å². The maximum Gasteiger partial charge on any atom is 0.407 e. The molecule has 0 saturated heterocycles. The number of nitrogens with zero attached hydrogens (tertiary/aromatic N) is 4. The second kappa shape index (κ2) is 15.0. The van der Waals surface area contributed by atoms with Crippen molar-refractivity contribution in [1.29, 1.82) is 0 Å². The Hall–Kier alpha value is -5.39. The van der Waals surface area contributed by atoms with E-state index < -0.39 is 17.6 Å². The summed E-state index contributed by atoms with van der Waals surface area (Å²) in [6, 6.07) is 19.5. The van der Waals surface area contributed by atoms with Gasteiger partial charge in [-0.25, -0.2) is 4.79 Å². The molecule has 1 aliphatic rings. The Labute approximate surface area is 291 Å². The van der Waals surface area contributed by atoms with Crippen LogP contribution in [-0.2, 0) is 20.7 Å². The molecule has 1 aliphatic carbocycles. The molecule has 6 rings (SSSR count). The molecular weight excluding hydrogens is 632 g/mol. The number of Topliss-reactive ketones (excluding diaryl/α,β-unsaturated/α-hetero) is 1. The lowest BCUT2D eigenvalue weighted by molar-refractivity contribution is -0.129. The van der Waals surface area contributed by atoms with Crippen LogP contribution in [0.15, 0.2) is 66.9 Å². The predicted octanol–water partition coefficient (Wildman–Crippen LogP) is 6.81. The van der Waals surface area contributed by atoms with Gasteiger partial charge in [0.25, 0.3) is 0 Å². The Morgan fingerprint density at radius 2 is 1.76 bits per heavy atom. The number of hydrogen-bond donors (Lipinski definition) is 4. The number of alkyl carbamates (subject to hydrolysis) is 1. The molecule has 3 aromatic carbocycles. The average Bonchev–Trinajstić information content (AvgIpc) is 3.80. The first-order valence-electron chi connectivity index (χ1n) is 17.2. The molecule has 50 heavy (non-hydrogen) atoms. The number of amides is 2. The number of H-pyrrole nitrogens is 2. The third kappa shape index (κ3) is 8.60. The Morgan fingerprint density at radius 3 is 2.48 bits per heavy atom. The molecule has 0 spiro atoms. The first kappa shape index (κ1) is 34.5. The van der Waals surface area contributed by atoms with E-state index in [0.717, 1.165) is 64.4 Å². The number of rotatable bonds is 11. The molecule has 2 heterocycles. The Morgan fingerprint density at radius 1 is 0.980 bits per heavy atom. The van der Waals surface area contributed by atoms with Crippen molar-refractivity contribution < 1.29 is 19.1 Å². The number of nitrogens with one attached hydrogen (secondary N) is 4. The van der Waals surface area contributed by atoms with E-state index in [0.29, 0.717) is 24.5 Å². The molecule has 260 valence electrons. The van der Waals surface area contributed by atoms with Gasteiger partial charge >= 0.3 is 6.09 Å². The lowest BCUT2D eigenvalue weighted by Gasteiger charge is -2.29. The summed E-state index contributed by atoms with van der Waals surface area (Å²) in [5, 5.41) is 28.3. The third-order valence-electron chi connectivity index (χ3n) is 9.34. The fraction of sp³-hybridized carbons (Fsp3) is 0.395. The predicted molar refractivity (Wildman–Crippen MR) is 191 cm³/mol. The number of carbonyl (C=O) groups excluding carboxylic acids is 3. The van der Waals surface area contributed by atoms with Crippen molar-refractivity contribution in [2.75, 3.05) is 11.9 Å². The van der Waals surface area contributed by atoms with Crippen molar-refractivity contribution in [1.82, 2.24) is 36.1 Å². The number of tetrazole rings is 1. The number of ether oxygens (including phenoxy) is 1. The Bertz CT molecular complexity index is 1940. The number of aromatic nitrogens is 6. The number of aromatic amines is 2. The van der Waals surface area contributed by atoms with Gasteiger partial charge in [0.05, 0.1) is 11.7 Å². The topological polar surface area (TPSA) is 168 Å². The molecule has 1 atom stereocenters. The number of ketones is 1. The van der Waals surface area contributed by atoms with Gasteiger partial charge in [-0.05, 0) is 124 Å². The molecule has 2 aromatic heterocycles. The molecule has 0 radical (unpaired) electrons. The van der Waals surface area contributed by atoms with Crippen LogP contribution in [0.4, 0.5) is 10.5 Å². The number of fused-ring (bicyclic) bond motifs is 1. The number of carbonyl (C=O) groups is 3. The number of aryl methyl sites for hydroxylation is 1. The molecule has 0 bridgehead atoms. The van der Waals surface area contributed by atoms with Crippen molar-refractivity contribution in [2.45, 2.75) is 71.8 Å². The molecule has 5 aromatic rings. The summed E-state index contributed by atoms with van der Waals surface area (Å²) in [4.78, 5) is 39.9. The third-order valence-corrected chi connectivity index (χ3v) is 9.34. The van der Waals surface area contributed by atoms with Crippen LogP contribution in [0.25, 0.3) is 33.4 Å². The van der Waals surface area contributed by atoms with Crippen LogP contribution < -0.4 is 10.6 Å². The fourth-order valence-corrected chi connectivity index (χ4v) is 6.78. The molecule has 1 saturated carbocycles. The van der Waals surface area contributed by atoms with Crippen LogP contribution in [0.2, 0.25) is 0 Å². The molecule has 2 amide bonds. The smallest absolute Gasteiger partial charge is 0.407 e. The Kier molecular flexibility index (Phi) is 10.4. The normalized spacial score (nSPS) is 16.9. The van der Waals surface area contributed by atoms with Gasteiger partial charge in [-0.3, -0.25) is 14.7 Å². The zero-order valence-corrected chi connectivity index (χ0v) is 29.0. The minimum Gasteiger partial charge on any atom is -0.444 e. The maximum atomic E-state index is 13.9. The highest BCUT2D eigenvalue weighted by molar-refractivity contribution is 5.97. The lowest BCUT2D eigenvalue weighted by Crippen LogP contribution is -2.37. The summed E-state index contributed by atoms with van der Waals surface area (Å²) in [6.07, 6.45) is 5.08. The van der Waals surface area contributed by atoms with E-state index in [1.165, 1.54) is 0 Å². The summed E-state index contributed by atoms with van der Waals surface area (Å²) >= 11 is 0. The van der Waals surface area contributed by atoms with Crippen molar-refractivity contribution in [3.8, 4) is 22.5 Å². The van der Waals surface area contributed by atoms with E-state index in [-0.39, 0.29) is 29.9 Å². The van der Waals surface area contributed by atoms with Crippen molar-refractivity contribution in [2.24, 2.45) is 17.8 Å². The van der Waals surface area contributed by atoms with Gasteiger partial charge in [0.2, 0.25) is 11.7 Å². The van der Waals surface area contributed by atoms with E-state index in [4.69, 9.17) is 4.74 Å². The van der Waals surface area contributed by atoms with Crippen molar-refractivity contribution in [3.05, 3.63) is 78.0 Å². The standard InChI is InChI=1S/C38H44N8O4/c1-23-8-17-32-31(22-40-42-32)34(23)28-7-5-6-25(18-28)19-29(36(48)41-30-15-13-27(14-16-30)35-43-45-46-44-35)20-33(47)26-11-9-24(10-12-26)21-39-37(49)50-38(2,3)4/h5-8,13-18,22,24,26,29H,9-12,19-21H2,1-4H3,(H,39,49)(H,40,42)(H,41,48)(H,43,44,45,46)/t24?,26?,29-/m1/s1. The minimum absolute atomic E-state index is 0.103. The zero-order chi connectivity index (χ0) is 35.3.